The van der Waals surface area contributed by atoms with Gasteiger partial charge in [0.05, 0.1) is 17.1 Å². The second-order valence-electron chi connectivity index (χ2n) is 14.4. The molecule has 0 aromatic heterocycles. The molecule has 0 aromatic rings. The average molecular weight is 459 g/mol. The van der Waals surface area contributed by atoms with Gasteiger partial charge in [0.1, 0.15) is 0 Å². The van der Waals surface area contributed by atoms with Gasteiger partial charge in [-0.2, -0.15) is 0 Å². The molecule has 0 spiro atoms. The molecule has 0 aromatic carbocycles. The van der Waals surface area contributed by atoms with E-state index in [-0.39, 0.29) is 27.6 Å². The van der Waals surface area contributed by atoms with E-state index in [1.54, 1.807) is 5.57 Å². The summed E-state index contributed by atoms with van der Waals surface area (Å²) in [6.07, 6.45) is 11.6. The van der Waals surface area contributed by atoms with Crippen molar-refractivity contribution in [2.45, 2.75) is 117 Å². The highest BCUT2D eigenvalue weighted by atomic mass is 16.4. The molecule has 5 aliphatic rings. The Bertz CT molecular complexity index is 892. The average Bonchev–Trinajstić information content (AvgIpc) is 2.73. The smallest absolute Gasteiger partial charge is 0.309 e. The monoisotopic (exact) mass is 458 g/mol. The molecular weight excluding hydrogens is 412 g/mol. The maximum atomic E-state index is 12.2. The highest BCUT2D eigenvalue weighted by Crippen LogP contribution is 2.75. The fourth-order valence-electron chi connectivity index (χ4n) is 10.2. The van der Waals surface area contributed by atoms with Crippen LogP contribution in [-0.4, -0.2) is 33.0 Å². The van der Waals surface area contributed by atoms with Crippen LogP contribution >= 0.6 is 0 Å². The lowest BCUT2D eigenvalue weighted by Gasteiger charge is -2.71. The number of aliphatic carboxylic acids is 1. The topological polar surface area (TPSA) is 77.8 Å². The summed E-state index contributed by atoms with van der Waals surface area (Å²) in [5, 5.41) is 32.0. The predicted molar refractivity (Wildman–Crippen MR) is 130 cm³/mol. The van der Waals surface area contributed by atoms with Crippen LogP contribution < -0.4 is 0 Å². The minimum Gasteiger partial charge on any atom is -0.481 e. The summed E-state index contributed by atoms with van der Waals surface area (Å²) < 4.78 is 0. The molecule has 186 valence electrons. The number of carboxylic acid groups (broad SMARTS) is 1. The zero-order valence-corrected chi connectivity index (χ0v) is 21.7. The third-order valence-electron chi connectivity index (χ3n) is 13.0. The molecule has 4 saturated carbocycles. The zero-order valence-electron chi connectivity index (χ0n) is 21.7. The van der Waals surface area contributed by atoms with E-state index in [1.807, 2.05) is 13.8 Å². The normalized spacial score (nSPS) is 58.2. The summed E-state index contributed by atoms with van der Waals surface area (Å²) in [6.45, 7) is 13.7. The molecule has 5 aliphatic carbocycles. The van der Waals surface area contributed by atoms with E-state index < -0.39 is 23.1 Å². The van der Waals surface area contributed by atoms with Crippen LogP contribution in [0.15, 0.2) is 11.6 Å². The zero-order chi connectivity index (χ0) is 24.2. The largest absolute Gasteiger partial charge is 0.481 e. The van der Waals surface area contributed by atoms with Crippen molar-refractivity contribution in [2.75, 3.05) is 0 Å². The third-order valence-corrected chi connectivity index (χ3v) is 13.0. The summed E-state index contributed by atoms with van der Waals surface area (Å²) in [5.74, 6) is 0.332. The molecule has 0 aliphatic heterocycles. The molecule has 0 saturated heterocycles. The van der Waals surface area contributed by atoms with Crippen molar-refractivity contribution >= 4 is 5.97 Å². The first-order valence-electron chi connectivity index (χ1n) is 13.5. The van der Waals surface area contributed by atoms with Crippen molar-refractivity contribution in [1.29, 1.82) is 0 Å². The quantitative estimate of drug-likeness (QED) is 0.424. The summed E-state index contributed by atoms with van der Waals surface area (Å²) in [6, 6.07) is 0. The molecule has 0 heterocycles. The number of rotatable bonds is 1. The first-order valence-corrected chi connectivity index (χ1v) is 13.5. The Hall–Kier alpha value is -0.870. The number of hydrogen-bond donors (Lipinski definition) is 3. The summed E-state index contributed by atoms with van der Waals surface area (Å²) >= 11 is 0. The number of carbonyl (C=O) groups is 1. The number of aliphatic hydroxyl groups is 2. The van der Waals surface area contributed by atoms with E-state index >= 15 is 0 Å². The molecular formula is C29H46O4. The van der Waals surface area contributed by atoms with E-state index in [4.69, 9.17) is 0 Å². The van der Waals surface area contributed by atoms with E-state index in [1.165, 1.54) is 12.8 Å². The van der Waals surface area contributed by atoms with Gasteiger partial charge in [0.2, 0.25) is 0 Å². The first-order chi connectivity index (χ1) is 15.1. The van der Waals surface area contributed by atoms with Gasteiger partial charge in [-0.1, -0.05) is 39.3 Å². The molecule has 0 radical (unpaired) electrons. The molecule has 3 N–H and O–H groups in total. The van der Waals surface area contributed by atoms with Crippen LogP contribution in [0.25, 0.3) is 0 Å². The third kappa shape index (κ3) is 2.86. The number of fused-ring (bicyclic) bond motifs is 7. The Morgan fingerprint density at radius 1 is 0.909 bits per heavy atom. The summed E-state index contributed by atoms with van der Waals surface area (Å²) in [4.78, 5) is 12.2. The van der Waals surface area contributed by atoms with Crippen molar-refractivity contribution in [3.05, 3.63) is 11.6 Å². The van der Waals surface area contributed by atoms with Crippen LogP contribution in [-0.2, 0) is 4.79 Å². The van der Waals surface area contributed by atoms with Gasteiger partial charge in [-0.25, -0.2) is 0 Å². The van der Waals surface area contributed by atoms with Gasteiger partial charge in [-0.3, -0.25) is 4.79 Å². The Morgan fingerprint density at radius 3 is 2.24 bits per heavy atom. The van der Waals surface area contributed by atoms with Gasteiger partial charge in [0, 0.05) is 0 Å². The van der Waals surface area contributed by atoms with E-state index in [2.05, 4.69) is 33.8 Å². The van der Waals surface area contributed by atoms with Crippen LogP contribution in [0.5, 0.6) is 0 Å². The molecule has 10 atom stereocenters. The van der Waals surface area contributed by atoms with Gasteiger partial charge in [0.15, 0.2) is 0 Å². The number of allylic oxidation sites excluding steroid dienone is 2. The summed E-state index contributed by atoms with van der Waals surface area (Å²) in [5.41, 5.74) is 0.366. The van der Waals surface area contributed by atoms with Crippen molar-refractivity contribution in [2.24, 2.45) is 44.8 Å². The minimum atomic E-state index is -1.02. The van der Waals surface area contributed by atoms with Crippen molar-refractivity contribution in [3.63, 3.8) is 0 Å². The number of aliphatic hydroxyl groups excluding tert-OH is 1. The van der Waals surface area contributed by atoms with Crippen molar-refractivity contribution in [1.82, 2.24) is 0 Å². The molecule has 5 rings (SSSR count). The second kappa shape index (κ2) is 6.87. The minimum absolute atomic E-state index is 0.0175. The SMILES string of the molecule is CC1(C(=O)O)CCC2(C)CCC3(C)C(=CCC4C5(C)CCC(O)C(C)(O)C5CCC43C)C2C1. The van der Waals surface area contributed by atoms with Crippen LogP contribution in [0.2, 0.25) is 0 Å². The lowest BCUT2D eigenvalue weighted by molar-refractivity contribution is -0.233. The fraction of sp³-hybridized carbons (Fsp3) is 0.897. The van der Waals surface area contributed by atoms with Crippen LogP contribution in [0, 0.1) is 44.8 Å². The Morgan fingerprint density at radius 2 is 1.58 bits per heavy atom. The van der Waals surface area contributed by atoms with Crippen molar-refractivity contribution in [3.8, 4) is 0 Å². The maximum Gasteiger partial charge on any atom is 0.309 e. The molecule has 33 heavy (non-hydrogen) atoms. The second-order valence-corrected chi connectivity index (χ2v) is 14.4. The number of hydrogen-bond acceptors (Lipinski definition) is 3. The van der Waals surface area contributed by atoms with Gasteiger partial charge < -0.3 is 15.3 Å². The highest BCUT2D eigenvalue weighted by Gasteiger charge is 2.68. The number of carboxylic acids is 1. The Balaban J connectivity index is 1.57. The lowest BCUT2D eigenvalue weighted by atomic mass is 9.34. The van der Waals surface area contributed by atoms with E-state index in [0.717, 1.165) is 44.9 Å². The highest BCUT2D eigenvalue weighted by molar-refractivity contribution is 5.74. The first kappa shape index (κ1) is 23.9. The summed E-state index contributed by atoms with van der Waals surface area (Å²) in [7, 11) is 0. The molecule has 0 bridgehead atoms. The Labute approximate surface area is 200 Å². The van der Waals surface area contributed by atoms with Gasteiger partial charge in [0.25, 0.3) is 0 Å². The predicted octanol–water partition coefficient (Wildman–Crippen LogP) is 5.96. The van der Waals surface area contributed by atoms with E-state index in [9.17, 15) is 20.1 Å². The van der Waals surface area contributed by atoms with Gasteiger partial charge in [-0.15, -0.1) is 0 Å². The fourth-order valence-corrected chi connectivity index (χ4v) is 10.2. The van der Waals surface area contributed by atoms with E-state index in [0.29, 0.717) is 18.3 Å². The van der Waals surface area contributed by atoms with Crippen LogP contribution in [0.4, 0.5) is 0 Å². The van der Waals surface area contributed by atoms with Gasteiger partial charge >= 0.3 is 5.97 Å². The van der Waals surface area contributed by atoms with Crippen molar-refractivity contribution < 1.29 is 20.1 Å². The molecule has 0 amide bonds. The Kier molecular flexibility index (Phi) is 4.97. The molecule has 4 fully saturated rings. The van der Waals surface area contributed by atoms with Crippen LogP contribution in [0.3, 0.4) is 0 Å². The molecule has 10 unspecified atom stereocenters. The standard InChI is InChI=1S/C29H46O4/c1-24-13-14-25(2,23(31)32)17-19(24)18-7-8-20-26(3)11-10-22(30)29(6,33)21(26)9-12-28(20,5)27(18,4)16-15-24/h7,19-22,30,33H,8-17H2,1-6H3,(H,31,32). The maximum absolute atomic E-state index is 12.2. The lowest BCUT2D eigenvalue weighted by Crippen LogP contribution is -2.66. The van der Waals surface area contributed by atoms with Gasteiger partial charge in [-0.05, 0) is 117 Å². The molecule has 4 nitrogen and oxygen atoms in total. The van der Waals surface area contributed by atoms with Crippen LogP contribution in [0.1, 0.15) is 106 Å². The molecule has 4 heteroatoms.